The van der Waals surface area contributed by atoms with Crippen molar-refractivity contribution in [3.05, 3.63) is 23.8 Å². The van der Waals surface area contributed by atoms with E-state index in [2.05, 4.69) is 16.0 Å². The lowest BCUT2D eigenvalue weighted by molar-refractivity contribution is 0.942. The molecule has 0 spiro atoms. The maximum absolute atomic E-state index is 8.54. The van der Waals surface area contributed by atoms with Gasteiger partial charge >= 0.3 is 0 Å². The van der Waals surface area contributed by atoms with Crippen LogP contribution in [0.1, 0.15) is 30.0 Å². The second-order valence-electron chi connectivity index (χ2n) is 3.04. The van der Waals surface area contributed by atoms with E-state index in [0.717, 1.165) is 11.3 Å². The van der Waals surface area contributed by atoms with Gasteiger partial charge in [0, 0.05) is 17.7 Å². The molecule has 0 N–H and O–H groups in total. The third-order valence-electron chi connectivity index (χ3n) is 2.06. The Bertz CT molecular complexity index is 323. The zero-order valence-corrected chi connectivity index (χ0v) is 6.70. The van der Waals surface area contributed by atoms with Crippen LogP contribution in [-0.4, -0.2) is 9.97 Å². The average Bonchev–Trinajstić information content (AvgIpc) is 2.89. The minimum Gasteiger partial charge on any atom is -0.244 e. The van der Waals surface area contributed by atoms with Gasteiger partial charge < -0.3 is 0 Å². The van der Waals surface area contributed by atoms with Gasteiger partial charge in [-0.15, -0.1) is 0 Å². The molecule has 1 saturated carbocycles. The summed E-state index contributed by atoms with van der Waals surface area (Å²) in [6.07, 6.45) is 6.19. The standard InChI is InChI=1S/C9H9N3/c10-4-3-8-5-11-6-12-9(8)7-1-2-7/h5-7H,1-3H2. The number of hydrogen-bond donors (Lipinski definition) is 0. The maximum Gasteiger partial charge on any atom is 0.115 e. The van der Waals surface area contributed by atoms with Gasteiger partial charge in [-0.25, -0.2) is 9.97 Å². The zero-order chi connectivity index (χ0) is 8.39. The molecule has 1 heterocycles. The van der Waals surface area contributed by atoms with Crippen molar-refractivity contribution in [2.24, 2.45) is 0 Å². The van der Waals surface area contributed by atoms with Crippen LogP contribution in [0.3, 0.4) is 0 Å². The van der Waals surface area contributed by atoms with Crippen molar-refractivity contribution in [1.29, 1.82) is 5.26 Å². The van der Waals surface area contributed by atoms with Crippen molar-refractivity contribution in [2.75, 3.05) is 0 Å². The lowest BCUT2D eigenvalue weighted by Gasteiger charge is -2.00. The molecule has 0 aliphatic heterocycles. The lowest BCUT2D eigenvalue weighted by Crippen LogP contribution is -1.95. The summed E-state index contributed by atoms with van der Waals surface area (Å²) in [6.45, 7) is 0. The monoisotopic (exact) mass is 159 g/mol. The molecule has 1 fully saturated rings. The number of nitriles is 1. The van der Waals surface area contributed by atoms with E-state index in [1.165, 1.54) is 12.8 Å². The summed E-state index contributed by atoms with van der Waals surface area (Å²) in [5, 5.41) is 8.54. The predicted octanol–water partition coefficient (Wildman–Crippen LogP) is 1.42. The van der Waals surface area contributed by atoms with Crippen molar-refractivity contribution in [3.63, 3.8) is 0 Å². The van der Waals surface area contributed by atoms with E-state index in [1.54, 1.807) is 12.5 Å². The summed E-state index contributed by atoms with van der Waals surface area (Å²) in [7, 11) is 0. The Morgan fingerprint density at radius 1 is 1.58 bits per heavy atom. The van der Waals surface area contributed by atoms with Crippen molar-refractivity contribution < 1.29 is 0 Å². The largest absolute Gasteiger partial charge is 0.244 e. The van der Waals surface area contributed by atoms with E-state index in [-0.39, 0.29) is 0 Å². The molecule has 60 valence electrons. The minimum atomic E-state index is 0.437. The molecule has 1 aliphatic carbocycles. The second-order valence-corrected chi connectivity index (χ2v) is 3.04. The molecular formula is C9H9N3. The second kappa shape index (κ2) is 2.90. The van der Waals surface area contributed by atoms with Gasteiger partial charge in [0.2, 0.25) is 0 Å². The Hall–Kier alpha value is -1.43. The molecule has 0 unspecified atom stereocenters. The van der Waals surface area contributed by atoms with Gasteiger partial charge in [0.1, 0.15) is 6.33 Å². The van der Waals surface area contributed by atoms with Crippen LogP contribution in [0.4, 0.5) is 0 Å². The van der Waals surface area contributed by atoms with Crippen LogP contribution >= 0.6 is 0 Å². The maximum atomic E-state index is 8.54. The first-order valence-electron chi connectivity index (χ1n) is 4.07. The molecule has 1 aromatic rings. The number of aromatic nitrogens is 2. The third-order valence-corrected chi connectivity index (χ3v) is 2.06. The number of rotatable bonds is 2. The SMILES string of the molecule is N#CCc1cncnc1C1CC1. The van der Waals surface area contributed by atoms with Gasteiger partial charge in [0.05, 0.1) is 18.2 Å². The summed E-state index contributed by atoms with van der Waals surface area (Å²) in [5.74, 6) is 0.608. The number of hydrogen-bond acceptors (Lipinski definition) is 3. The quantitative estimate of drug-likeness (QED) is 0.655. The van der Waals surface area contributed by atoms with Crippen molar-refractivity contribution in [1.82, 2.24) is 9.97 Å². The van der Waals surface area contributed by atoms with E-state index in [0.29, 0.717) is 12.3 Å². The summed E-state index contributed by atoms with van der Waals surface area (Å²) >= 11 is 0. The lowest BCUT2D eigenvalue weighted by atomic mass is 10.1. The van der Waals surface area contributed by atoms with Crippen LogP contribution in [0.25, 0.3) is 0 Å². The van der Waals surface area contributed by atoms with E-state index >= 15 is 0 Å². The van der Waals surface area contributed by atoms with Crippen molar-refractivity contribution in [2.45, 2.75) is 25.2 Å². The van der Waals surface area contributed by atoms with Crippen LogP contribution in [-0.2, 0) is 6.42 Å². The fraction of sp³-hybridized carbons (Fsp3) is 0.444. The van der Waals surface area contributed by atoms with Crippen LogP contribution in [0.5, 0.6) is 0 Å². The van der Waals surface area contributed by atoms with Gasteiger partial charge in [0.15, 0.2) is 0 Å². The highest BCUT2D eigenvalue weighted by atomic mass is 14.8. The molecule has 2 rings (SSSR count). The van der Waals surface area contributed by atoms with Gasteiger partial charge in [-0.3, -0.25) is 0 Å². The Morgan fingerprint density at radius 3 is 3.08 bits per heavy atom. The van der Waals surface area contributed by atoms with Crippen molar-refractivity contribution >= 4 is 0 Å². The molecule has 0 atom stereocenters. The summed E-state index contributed by atoms with van der Waals surface area (Å²) in [5.41, 5.74) is 2.09. The number of nitrogens with zero attached hydrogens (tertiary/aromatic N) is 3. The molecule has 12 heavy (non-hydrogen) atoms. The highest BCUT2D eigenvalue weighted by Gasteiger charge is 2.27. The minimum absolute atomic E-state index is 0.437. The topological polar surface area (TPSA) is 49.6 Å². The van der Waals surface area contributed by atoms with Crippen LogP contribution in [0, 0.1) is 11.3 Å². The van der Waals surface area contributed by atoms with Crippen molar-refractivity contribution in [3.8, 4) is 6.07 Å². The van der Waals surface area contributed by atoms with Gasteiger partial charge in [-0.2, -0.15) is 5.26 Å². The summed E-state index contributed by atoms with van der Waals surface area (Å²) < 4.78 is 0. The van der Waals surface area contributed by atoms with Crippen LogP contribution in [0.15, 0.2) is 12.5 Å². The van der Waals surface area contributed by atoms with E-state index in [1.807, 2.05) is 0 Å². The first kappa shape index (κ1) is 7.23. The first-order valence-corrected chi connectivity index (χ1v) is 4.07. The molecule has 3 nitrogen and oxygen atoms in total. The Balaban J connectivity index is 2.31. The summed E-state index contributed by atoms with van der Waals surface area (Å²) in [4.78, 5) is 8.11. The fourth-order valence-electron chi connectivity index (χ4n) is 1.31. The van der Waals surface area contributed by atoms with Gasteiger partial charge in [-0.05, 0) is 12.8 Å². The Kier molecular flexibility index (Phi) is 1.75. The van der Waals surface area contributed by atoms with Crippen LogP contribution in [0.2, 0.25) is 0 Å². The highest BCUT2D eigenvalue weighted by molar-refractivity contribution is 5.26. The predicted molar refractivity (Wildman–Crippen MR) is 43.3 cm³/mol. The fourth-order valence-corrected chi connectivity index (χ4v) is 1.31. The van der Waals surface area contributed by atoms with E-state index < -0.39 is 0 Å². The van der Waals surface area contributed by atoms with Gasteiger partial charge in [-0.1, -0.05) is 0 Å². The summed E-state index contributed by atoms with van der Waals surface area (Å²) in [6, 6.07) is 2.13. The van der Waals surface area contributed by atoms with E-state index in [4.69, 9.17) is 5.26 Å². The molecule has 0 aromatic carbocycles. The first-order chi connectivity index (χ1) is 5.92. The molecule has 0 amide bonds. The molecule has 3 heteroatoms. The molecular weight excluding hydrogens is 150 g/mol. The highest BCUT2D eigenvalue weighted by Crippen LogP contribution is 2.40. The molecule has 1 aliphatic rings. The molecule has 0 saturated heterocycles. The normalized spacial score (nSPS) is 15.6. The third kappa shape index (κ3) is 1.28. The zero-order valence-electron chi connectivity index (χ0n) is 6.70. The smallest absolute Gasteiger partial charge is 0.115 e. The molecule has 1 aromatic heterocycles. The molecule has 0 radical (unpaired) electrons. The Labute approximate surface area is 71.1 Å². The molecule has 0 bridgehead atoms. The van der Waals surface area contributed by atoms with Gasteiger partial charge in [0.25, 0.3) is 0 Å². The van der Waals surface area contributed by atoms with Crippen LogP contribution < -0.4 is 0 Å². The van der Waals surface area contributed by atoms with E-state index in [9.17, 15) is 0 Å². The Morgan fingerprint density at radius 2 is 2.42 bits per heavy atom. The average molecular weight is 159 g/mol.